The van der Waals surface area contributed by atoms with Crippen molar-refractivity contribution in [1.29, 1.82) is 0 Å². The Morgan fingerprint density at radius 2 is 2.00 bits per heavy atom. The molecule has 0 amide bonds. The first-order valence-electron chi connectivity index (χ1n) is 5.19. The van der Waals surface area contributed by atoms with Gasteiger partial charge in [-0.25, -0.2) is 12.7 Å². The highest BCUT2D eigenvalue weighted by atomic mass is 32.2. The molecule has 0 spiro atoms. The number of hydrogen-bond donors (Lipinski definition) is 1. The topological polar surface area (TPSA) is 63.4 Å². The molecule has 1 rings (SSSR count). The monoisotopic (exact) mass is 242 g/mol. The summed E-state index contributed by atoms with van der Waals surface area (Å²) in [5.41, 5.74) is 7.09. The zero-order valence-electron chi connectivity index (χ0n) is 9.90. The maximum atomic E-state index is 12.1. The van der Waals surface area contributed by atoms with E-state index in [0.29, 0.717) is 18.0 Å². The summed E-state index contributed by atoms with van der Waals surface area (Å²) in [4.78, 5) is 0.347. The molecule has 5 heteroatoms. The van der Waals surface area contributed by atoms with Crippen molar-refractivity contribution in [3.05, 3.63) is 29.3 Å². The molecule has 0 unspecified atom stereocenters. The van der Waals surface area contributed by atoms with E-state index >= 15 is 0 Å². The summed E-state index contributed by atoms with van der Waals surface area (Å²) >= 11 is 0. The summed E-state index contributed by atoms with van der Waals surface area (Å²) in [6.45, 7) is 4.39. The number of aryl methyl sites for hydroxylation is 1. The van der Waals surface area contributed by atoms with Crippen LogP contribution in [-0.2, 0) is 16.6 Å². The lowest BCUT2D eigenvalue weighted by atomic mass is 10.1. The lowest BCUT2D eigenvalue weighted by Crippen LogP contribution is -2.27. The van der Waals surface area contributed by atoms with Gasteiger partial charge in [-0.2, -0.15) is 0 Å². The highest BCUT2D eigenvalue weighted by Crippen LogP contribution is 2.20. The molecule has 0 saturated heterocycles. The zero-order chi connectivity index (χ0) is 12.3. The van der Waals surface area contributed by atoms with Crippen LogP contribution in [-0.4, -0.2) is 26.3 Å². The largest absolute Gasteiger partial charge is 0.326 e. The molecule has 0 saturated carbocycles. The highest BCUT2D eigenvalue weighted by Gasteiger charge is 2.21. The third-order valence-corrected chi connectivity index (χ3v) is 4.70. The van der Waals surface area contributed by atoms with Gasteiger partial charge in [0.25, 0.3) is 0 Å². The Bertz CT molecular complexity index is 469. The summed E-state index contributed by atoms with van der Waals surface area (Å²) in [7, 11) is -1.80. The summed E-state index contributed by atoms with van der Waals surface area (Å²) in [5, 5.41) is 0. The van der Waals surface area contributed by atoms with Crippen molar-refractivity contribution in [3.63, 3.8) is 0 Å². The van der Waals surface area contributed by atoms with Crippen LogP contribution >= 0.6 is 0 Å². The number of benzene rings is 1. The van der Waals surface area contributed by atoms with Crippen LogP contribution in [0, 0.1) is 6.92 Å². The van der Waals surface area contributed by atoms with Gasteiger partial charge in [0, 0.05) is 20.1 Å². The van der Waals surface area contributed by atoms with E-state index in [2.05, 4.69) is 0 Å². The second-order valence-electron chi connectivity index (χ2n) is 3.72. The minimum absolute atomic E-state index is 0.346. The van der Waals surface area contributed by atoms with Crippen LogP contribution in [0.25, 0.3) is 0 Å². The van der Waals surface area contributed by atoms with Gasteiger partial charge in [-0.3, -0.25) is 0 Å². The van der Waals surface area contributed by atoms with Crippen molar-refractivity contribution in [2.24, 2.45) is 5.73 Å². The lowest BCUT2D eigenvalue weighted by Gasteiger charge is -2.17. The number of nitrogens with two attached hydrogens (primary N) is 1. The minimum atomic E-state index is -3.37. The Hall–Kier alpha value is -0.910. The van der Waals surface area contributed by atoms with Crippen molar-refractivity contribution in [3.8, 4) is 0 Å². The van der Waals surface area contributed by atoms with Gasteiger partial charge >= 0.3 is 0 Å². The molecule has 0 aliphatic carbocycles. The molecule has 0 aromatic heterocycles. The van der Waals surface area contributed by atoms with E-state index < -0.39 is 10.0 Å². The summed E-state index contributed by atoms with van der Waals surface area (Å²) in [6.07, 6.45) is 0. The molecule has 0 aliphatic rings. The summed E-state index contributed by atoms with van der Waals surface area (Å²) in [5.74, 6) is 0. The van der Waals surface area contributed by atoms with Gasteiger partial charge < -0.3 is 5.73 Å². The molecule has 0 heterocycles. The van der Waals surface area contributed by atoms with Crippen LogP contribution in [0.3, 0.4) is 0 Å². The Balaban J connectivity index is 3.32. The number of sulfonamides is 1. The van der Waals surface area contributed by atoms with Crippen molar-refractivity contribution in [2.75, 3.05) is 13.6 Å². The first-order chi connectivity index (χ1) is 7.43. The predicted octanol–water partition coefficient (Wildman–Crippen LogP) is 1.09. The van der Waals surface area contributed by atoms with Crippen LogP contribution in [0.1, 0.15) is 18.1 Å². The fourth-order valence-corrected chi connectivity index (χ4v) is 2.84. The molecular formula is C11H18N2O2S. The van der Waals surface area contributed by atoms with E-state index in [1.165, 1.54) is 4.31 Å². The van der Waals surface area contributed by atoms with E-state index in [1.807, 2.05) is 6.07 Å². The third kappa shape index (κ3) is 2.42. The molecule has 0 radical (unpaired) electrons. The smallest absolute Gasteiger partial charge is 0.243 e. The first-order valence-corrected chi connectivity index (χ1v) is 6.63. The van der Waals surface area contributed by atoms with Crippen LogP contribution < -0.4 is 5.73 Å². The summed E-state index contributed by atoms with van der Waals surface area (Å²) in [6, 6.07) is 5.29. The second kappa shape index (κ2) is 4.95. The average molecular weight is 242 g/mol. The molecule has 16 heavy (non-hydrogen) atoms. The molecule has 90 valence electrons. The molecular weight excluding hydrogens is 224 g/mol. The van der Waals surface area contributed by atoms with Crippen LogP contribution in [0.4, 0.5) is 0 Å². The molecule has 0 aliphatic heterocycles. The van der Waals surface area contributed by atoms with Gasteiger partial charge in [0.1, 0.15) is 0 Å². The van der Waals surface area contributed by atoms with Gasteiger partial charge in [-0.05, 0) is 24.1 Å². The van der Waals surface area contributed by atoms with E-state index in [1.54, 1.807) is 33.0 Å². The van der Waals surface area contributed by atoms with Gasteiger partial charge in [0.15, 0.2) is 0 Å². The quantitative estimate of drug-likeness (QED) is 0.859. The highest BCUT2D eigenvalue weighted by molar-refractivity contribution is 7.89. The van der Waals surface area contributed by atoms with Crippen LogP contribution in [0.2, 0.25) is 0 Å². The standard InChI is InChI=1S/C11H18N2O2S/c1-4-13(3)16(14,15)11-7-10(8-12)6-5-9(11)2/h5-7H,4,8,12H2,1-3H3. The molecule has 0 atom stereocenters. The number of hydrogen-bond acceptors (Lipinski definition) is 3. The van der Waals surface area contributed by atoms with Crippen molar-refractivity contribution in [2.45, 2.75) is 25.3 Å². The maximum Gasteiger partial charge on any atom is 0.243 e. The Kier molecular flexibility index (Phi) is 4.07. The van der Waals surface area contributed by atoms with Crippen LogP contribution in [0.15, 0.2) is 23.1 Å². The Morgan fingerprint density at radius 3 is 2.50 bits per heavy atom. The van der Waals surface area contributed by atoms with E-state index in [-0.39, 0.29) is 0 Å². The molecule has 0 bridgehead atoms. The van der Waals surface area contributed by atoms with Crippen molar-refractivity contribution in [1.82, 2.24) is 4.31 Å². The molecule has 1 aromatic carbocycles. The zero-order valence-corrected chi connectivity index (χ0v) is 10.7. The summed E-state index contributed by atoms with van der Waals surface area (Å²) < 4.78 is 25.6. The van der Waals surface area contributed by atoms with E-state index in [0.717, 1.165) is 11.1 Å². The number of rotatable bonds is 4. The van der Waals surface area contributed by atoms with Gasteiger partial charge in [0.05, 0.1) is 4.90 Å². The third-order valence-electron chi connectivity index (χ3n) is 2.62. The fourth-order valence-electron chi connectivity index (χ4n) is 1.39. The van der Waals surface area contributed by atoms with E-state index in [4.69, 9.17) is 5.73 Å². The normalized spacial score (nSPS) is 12.1. The average Bonchev–Trinajstić information content (AvgIpc) is 2.28. The fraction of sp³-hybridized carbons (Fsp3) is 0.455. The molecule has 2 N–H and O–H groups in total. The number of nitrogens with zero attached hydrogens (tertiary/aromatic N) is 1. The predicted molar refractivity (Wildman–Crippen MR) is 64.6 cm³/mol. The molecule has 4 nitrogen and oxygen atoms in total. The molecule has 0 fully saturated rings. The molecule has 1 aromatic rings. The first kappa shape index (κ1) is 13.2. The van der Waals surface area contributed by atoms with Gasteiger partial charge in [-0.1, -0.05) is 19.1 Å². The van der Waals surface area contributed by atoms with E-state index in [9.17, 15) is 8.42 Å². The lowest BCUT2D eigenvalue weighted by molar-refractivity contribution is 0.486. The van der Waals surface area contributed by atoms with Crippen molar-refractivity contribution >= 4 is 10.0 Å². The van der Waals surface area contributed by atoms with Gasteiger partial charge in [0.2, 0.25) is 10.0 Å². The van der Waals surface area contributed by atoms with Crippen LogP contribution in [0.5, 0.6) is 0 Å². The Morgan fingerprint density at radius 1 is 1.38 bits per heavy atom. The second-order valence-corrected chi connectivity index (χ2v) is 5.74. The van der Waals surface area contributed by atoms with Gasteiger partial charge in [-0.15, -0.1) is 0 Å². The SMILES string of the molecule is CCN(C)S(=O)(=O)c1cc(CN)ccc1C. The maximum absolute atomic E-state index is 12.1. The minimum Gasteiger partial charge on any atom is -0.326 e. The van der Waals surface area contributed by atoms with Crippen molar-refractivity contribution < 1.29 is 8.42 Å². The Labute approximate surface area is 97.1 Å².